The maximum absolute atomic E-state index is 11.7. The highest BCUT2D eigenvalue weighted by Crippen LogP contribution is 2.28. The lowest BCUT2D eigenvalue weighted by atomic mass is 9.85. The van der Waals surface area contributed by atoms with Gasteiger partial charge >= 0.3 is 0 Å². The molecule has 0 radical (unpaired) electrons. The zero-order valence-electron chi connectivity index (χ0n) is 8.66. The lowest BCUT2D eigenvalue weighted by Crippen LogP contribution is -2.28. The van der Waals surface area contributed by atoms with E-state index < -0.39 is 0 Å². The lowest BCUT2D eigenvalue weighted by molar-refractivity contribution is -0.122. The van der Waals surface area contributed by atoms with Crippen LogP contribution >= 0.6 is 11.6 Å². The van der Waals surface area contributed by atoms with Crippen molar-refractivity contribution in [3.63, 3.8) is 0 Å². The SMILES string of the molecule is N#Cc1ccc(Cl)cc1NC(=O)C1CCC1. The summed E-state index contributed by atoms with van der Waals surface area (Å²) in [6, 6.07) is 6.89. The average molecular weight is 235 g/mol. The number of carbonyl (C=O) groups is 1. The molecule has 82 valence electrons. The number of hydrogen-bond donors (Lipinski definition) is 1. The summed E-state index contributed by atoms with van der Waals surface area (Å²) in [5.74, 6) is 0.0931. The Morgan fingerprint density at radius 3 is 2.81 bits per heavy atom. The fourth-order valence-corrected chi connectivity index (χ4v) is 1.79. The quantitative estimate of drug-likeness (QED) is 0.855. The maximum Gasteiger partial charge on any atom is 0.227 e. The zero-order valence-corrected chi connectivity index (χ0v) is 9.42. The summed E-state index contributed by atoms with van der Waals surface area (Å²) in [6.45, 7) is 0. The smallest absolute Gasteiger partial charge is 0.227 e. The number of nitriles is 1. The Kier molecular flexibility index (Phi) is 3.12. The van der Waals surface area contributed by atoms with Gasteiger partial charge in [-0.15, -0.1) is 0 Å². The second kappa shape index (κ2) is 4.54. The normalized spacial score (nSPS) is 15.0. The van der Waals surface area contributed by atoms with Gasteiger partial charge in [-0.25, -0.2) is 0 Å². The monoisotopic (exact) mass is 234 g/mol. The van der Waals surface area contributed by atoms with E-state index in [1.807, 2.05) is 6.07 Å². The molecule has 0 aromatic heterocycles. The number of halogens is 1. The molecule has 1 fully saturated rings. The number of nitrogens with one attached hydrogen (secondary N) is 1. The maximum atomic E-state index is 11.7. The number of benzene rings is 1. The van der Waals surface area contributed by atoms with E-state index >= 15 is 0 Å². The van der Waals surface area contributed by atoms with Crippen LogP contribution < -0.4 is 5.32 Å². The Morgan fingerprint density at radius 1 is 1.50 bits per heavy atom. The highest BCUT2D eigenvalue weighted by atomic mass is 35.5. The molecule has 1 aliphatic carbocycles. The molecule has 0 spiro atoms. The largest absolute Gasteiger partial charge is 0.325 e. The van der Waals surface area contributed by atoms with E-state index in [1.165, 1.54) is 0 Å². The zero-order chi connectivity index (χ0) is 11.5. The average Bonchev–Trinajstić information content (AvgIpc) is 2.15. The minimum Gasteiger partial charge on any atom is -0.325 e. The molecular formula is C12H11ClN2O. The van der Waals surface area contributed by atoms with E-state index in [4.69, 9.17) is 16.9 Å². The topological polar surface area (TPSA) is 52.9 Å². The molecule has 16 heavy (non-hydrogen) atoms. The van der Waals surface area contributed by atoms with Gasteiger partial charge < -0.3 is 5.32 Å². The first-order valence-corrected chi connectivity index (χ1v) is 5.59. The Labute approximate surface area is 99.0 Å². The number of nitrogens with zero attached hydrogens (tertiary/aromatic N) is 1. The molecule has 1 aliphatic rings. The van der Waals surface area contributed by atoms with E-state index in [2.05, 4.69) is 5.32 Å². The van der Waals surface area contributed by atoms with Gasteiger partial charge in [0.15, 0.2) is 0 Å². The molecule has 2 rings (SSSR count). The Balaban J connectivity index is 2.16. The molecule has 1 amide bonds. The standard InChI is InChI=1S/C12H11ClN2O/c13-10-5-4-9(7-14)11(6-10)15-12(16)8-2-1-3-8/h4-6,8H,1-3H2,(H,15,16). The molecule has 3 nitrogen and oxygen atoms in total. The van der Waals surface area contributed by atoms with Crippen molar-refractivity contribution in [3.05, 3.63) is 28.8 Å². The first-order valence-electron chi connectivity index (χ1n) is 5.21. The first kappa shape index (κ1) is 11.0. The summed E-state index contributed by atoms with van der Waals surface area (Å²) in [4.78, 5) is 11.7. The molecule has 0 atom stereocenters. The van der Waals surface area contributed by atoms with Crippen LogP contribution in [0.1, 0.15) is 24.8 Å². The summed E-state index contributed by atoms with van der Waals surface area (Å²) in [6.07, 6.45) is 2.99. The fourth-order valence-electron chi connectivity index (χ4n) is 1.62. The van der Waals surface area contributed by atoms with E-state index in [0.717, 1.165) is 19.3 Å². The van der Waals surface area contributed by atoms with Crippen LogP contribution in [0, 0.1) is 17.2 Å². The predicted octanol–water partition coefficient (Wildman–Crippen LogP) is 2.95. The van der Waals surface area contributed by atoms with Crippen LogP contribution in [0.15, 0.2) is 18.2 Å². The summed E-state index contributed by atoms with van der Waals surface area (Å²) < 4.78 is 0. The van der Waals surface area contributed by atoms with Gasteiger partial charge in [0, 0.05) is 10.9 Å². The van der Waals surface area contributed by atoms with Gasteiger partial charge in [-0.1, -0.05) is 18.0 Å². The van der Waals surface area contributed by atoms with Gasteiger partial charge in [-0.2, -0.15) is 5.26 Å². The highest BCUT2D eigenvalue weighted by molar-refractivity contribution is 6.31. The highest BCUT2D eigenvalue weighted by Gasteiger charge is 2.25. The second-order valence-corrected chi connectivity index (χ2v) is 4.36. The minimum absolute atomic E-state index is 0.00924. The lowest BCUT2D eigenvalue weighted by Gasteiger charge is -2.24. The Hall–Kier alpha value is -1.53. The van der Waals surface area contributed by atoms with Crippen molar-refractivity contribution in [2.24, 2.45) is 5.92 Å². The molecule has 0 bridgehead atoms. The van der Waals surface area contributed by atoms with Gasteiger partial charge in [0.25, 0.3) is 0 Å². The minimum atomic E-state index is -0.00924. The summed E-state index contributed by atoms with van der Waals surface area (Å²) >= 11 is 5.82. The van der Waals surface area contributed by atoms with Gasteiger partial charge in [0.2, 0.25) is 5.91 Å². The number of rotatable bonds is 2. The first-order chi connectivity index (χ1) is 7.70. The van der Waals surface area contributed by atoms with E-state index in [-0.39, 0.29) is 11.8 Å². The van der Waals surface area contributed by atoms with Crippen molar-refractivity contribution in [2.45, 2.75) is 19.3 Å². The molecule has 0 unspecified atom stereocenters. The van der Waals surface area contributed by atoms with Crippen molar-refractivity contribution < 1.29 is 4.79 Å². The number of amides is 1. The van der Waals surface area contributed by atoms with Gasteiger partial charge in [0.1, 0.15) is 6.07 Å². The van der Waals surface area contributed by atoms with Crippen molar-refractivity contribution in [1.29, 1.82) is 5.26 Å². The molecule has 0 aliphatic heterocycles. The third-order valence-corrected chi connectivity index (χ3v) is 3.07. The van der Waals surface area contributed by atoms with Crippen LogP contribution in [0.25, 0.3) is 0 Å². The summed E-state index contributed by atoms with van der Waals surface area (Å²) in [5.41, 5.74) is 0.948. The molecule has 0 saturated heterocycles. The fraction of sp³-hybridized carbons (Fsp3) is 0.333. The van der Waals surface area contributed by atoms with Crippen molar-refractivity contribution in [3.8, 4) is 6.07 Å². The van der Waals surface area contributed by atoms with Crippen LogP contribution in [0.2, 0.25) is 5.02 Å². The van der Waals surface area contributed by atoms with Crippen LogP contribution in [-0.2, 0) is 4.79 Å². The summed E-state index contributed by atoms with van der Waals surface area (Å²) in [7, 11) is 0. The molecule has 1 N–H and O–H groups in total. The third-order valence-electron chi connectivity index (χ3n) is 2.84. The van der Waals surface area contributed by atoms with Crippen molar-refractivity contribution in [2.75, 3.05) is 5.32 Å². The van der Waals surface area contributed by atoms with Crippen molar-refractivity contribution in [1.82, 2.24) is 0 Å². The van der Waals surface area contributed by atoms with Gasteiger partial charge in [0.05, 0.1) is 11.3 Å². The van der Waals surface area contributed by atoms with Crippen LogP contribution in [0.4, 0.5) is 5.69 Å². The van der Waals surface area contributed by atoms with E-state index in [9.17, 15) is 4.79 Å². The Bertz CT molecular complexity index is 461. The molecule has 1 saturated carbocycles. The van der Waals surface area contributed by atoms with E-state index in [1.54, 1.807) is 18.2 Å². The molecule has 4 heteroatoms. The van der Waals surface area contributed by atoms with Crippen molar-refractivity contribution >= 4 is 23.2 Å². The number of anilines is 1. The molecular weight excluding hydrogens is 224 g/mol. The van der Waals surface area contributed by atoms with E-state index in [0.29, 0.717) is 16.3 Å². The predicted molar refractivity (Wildman–Crippen MR) is 62.1 cm³/mol. The third kappa shape index (κ3) is 2.17. The van der Waals surface area contributed by atoms with Gasteiger partial charge in [-0.3, -0.25) is 4.79 Å². The molecule has 0 heterocycles. The number of hydrogen-bond acceptors (Lipinski definition) is 2. The second-order valence-electron chi connectivity index (χ2n) is 3.92. The summed E-state index contributed by atoms with van der Waals surface area (Å²) in [5, 5.41) is 12.2. The molecule has 1 aromatic carbocycles. The van der Waals surface area contributed by atoms with Crippen LogP contribution in [0.3, 0.4) is 0 Å². The Morgan fingerprint density at radius 2 is 2.25 bits per heavy atom. The van der Waals surface area contributed by atoms with Crippen LogP contribution in [-0.4, -0.2) is 5.91 Å². The molecule has 1 aromatic rings. The van der Waals surface area contributed by atoms with Gasteiger partial charge in [-0.05, 0) is 31.0 Å². The number of carbonyl (C=O) groups excluding carboxylic acids is 1. The van der Waals surface area contributed by atoms with Crippen LogP contribution in [0.5, 0.6) is 0 Å².